The number of hydrogen-bond acceptors (Lipinski definition) is 2. The molecule has 0 bridgehead atoms. The summed E-state index contributed by atoms with van der Waals surface area (Å²) in [5, 5.41) is 3.26. The Morgan fingerprint density at radius 3 is 2.56 bits per heavy atom. The molecule has 0 aromatic heterocycles. The smallest absolute Gasteiger partial charge is 0.257 e. The molecule has 0 spiro atoms. The maximum absolute atomic E-state index is 12.5. The summed E-state index contributed by atoms with van der Waals surface area (Å²) in [6.45, 7) is 0. The van der Waals surface area contributed by atoms with Crippen LogP contribution in [0.15, 0.2) is 78.4 Å². The van der Waals surface area contributed by atoms with Crippen LogP contribution in [0.3, 0.4) is 0 Å². The Labute approximate surface area is 162 Å². The second kappa shape index (κ2) is 7.22. The lowest BCUT2D eigenvalue weighted by Gasteiger charge is -2.07. The van der Waals surface area contributed by atoms with E-state index in [4.69, 9.17) is 11.6 Å². The molecule has 1 aliphatic carbocycles. The van der Waals surface area contributed by atoms with Crippen molar-refractivity contribution < 1.29 is 9.59 Å². The number of carbonyl (C=O) groups excluding carboxylic acids is 2. The van der Waals surface area contributed by atoms with Crippen molar-refractivity contribution in [1.82, 2.24) is 0 Å². The van der Waals surface area contributed by atoms with E-state index in [0.29, 0.717) is 22.7 Å². The molecule has 0 fully saturated rings. The predicted molar refractivity (Wildman–Crippen MR) is 108 cm³/mol. The van der Waals surface area contributed by atoms with Gasteiger partial charge in [0.25, 0.3) is 5.91 Å². The predicted octanol–water partition coefficient (Wildman–Crippen LogP) is 5.41. The average Bonchev–Trinajstić information content (AvgIpc) is 2.98. The monoisotopic (exact) mass is 373 g/mol. The van der Waals surface area contributed by atoms with Gasteiger partial charge in [-0.3, -0.25) is 9.59 Å². The number of halogens is 1. The summed E-state index contributed by atoms with van der Waals surface area (Å²) in [4.78, 5) is 25.0. The third-order valence-electron chi connectivity index (χ3n) is 4.54. The summed E-state index contributed by atoms with van der Waals surface area (Å²) in [7, 11) is 0. The van der Waals surface area contributed by atoms with Gasteiger partial charge in [0.15, 0.2) is 5.78 Å². The van der Waals surface area contributed by atoms with Crippen molar-refractivity contribution >= 4 is 35.1 Å². The van der Waals surface area contributed by atoms with Gasteiger partial charge >= 0.3 is 0 Å². The van der Waals surface area contributed by atoms with Crippen LogP contribution >= 0.6 is 11.6 Å². The number of carbonyl (C=O) groups is 2. The first kappa shape index (κ1) is 17.3. The highest BCUT2D eigenvalue weighted by Gasteiger charge is 2.23. The normalized spacial score (nSPS) is 14.3. The Kier molecular flexibility index (Phi) is 4.61. The first-order valence-corrected chi connectivity index (χ1v) is 8.99. The Balaban J connectivity index is 1.56. The fraction of sp³-hybridized carbons (Fsp3) is 0.0435. The number of anilines is 1. The lowest BCUT2D eigenvalue weighted by molar-refractivity contribution is 0.102. The Hall–Kier alpha value is -3.17. The van der Waals surface area contributed by atoms with E-state index in [0.717, 1.165) is 22.3 Å². The average molecular weight is 374 g/mol. The van der Waals surface area contributed by atoms with Gasteiger partial charge in [-0.25, -0.2) is 0 Å². The minimum absolute atomic E-state index is 0.0658. The molecule has 0 aliphatic heterocycles. The zero-order valence-electron chi connectivity index (χ0n) is 14.4. The highest BCUT2D eigenvalue weighted by Crippen LogP contribution is 2.28. The Bertz CT molecular complexity index is 1080. The summed E-state index contributed by atoms with van der Waals surface area (Å²) in [5.41, 5.74) is 4.51. The molecule has 3 nitrogen and oxygen atoms in total. The van der Waals surface area contributed by atoms with Gasteiger partial charge in [-0.15, -0.1) is 0 Å². The summed E-state index contributed by atoms with van der Waals surface area (Å²) in [6.07, 6.45) is 2.51. The molecular formula is C23H16ClNO2. The van der Waals surface area contributed by atoms with Gasteiger partial charge in [0.2, 0.25) is 0 Å². The lowest BCUT2D eigenvalue weighted by atomic mass is 10.1. The summed E-state index contributed by atoms with van der Waals surface area (Å²) in [5.74, 6) is -0.203. The standard InChI is InChI=1S/C23H16ClNO2/c24-21-11-4-3-10-20(21)23(27)25-18-8-5-6-15(13-18)12-17-14-16-7-1-2-9-19(16)22(17)26/h1-13H,14H2,(H,25,27)/b17-12+. The number of amides is 1. The number of Topliss-reactive ketones (excluding diaryl/α,β-unsaturated/α-hetero) is 1. The molecule has 27 heavy (non-hydrogen) atoms. The van der Waals surface area contributed by atoms with E-state index in [2.05, 4.69) is 5.32 Å². The molecule has 0 saturated heterocycles. The molecule has 3 aromatic rings. The van der Waals surface area contributed by atoms with E-state index in [9.17, 15) is 9.59 Å². The van der Waals surface area contributed by atoms with Crippen molar-refractivity contribution in [2.24, 2.45) is 0 Å². The summed E-state index contributed by atoms with van der Waals surface area (Å²) >= 11 is 6.08. The highest BCUT2D eigenvalue weighted by atomic mass is 35.5. The maximum atomic E-state index is 12.5. The van der Waals surface area contributed by atoms with Gasteiger partial charge in [0.1, 0.15) is 0 Å². The zero-order chi connectivity index (χ0) is 18.8. The molecular weight excluding hydrogens is 358 g/mol. The van der Waals surface area contributed by atoms with Crippen LogP contribution in [-0.4, -0.2) is 11.7 Å². The first-order valence-electron chi connectivity index (χ1n) is 8.61. The molecule has 0 saturated carbocycles. The van der Waals surface area contributed by atoms with Crippen LogP contribution < -0.4 is 5.32 Å². The molecule has 1 aliphatic rings. The van der Waals surface area contributed by atoms with Gasteiger partial charge in [0.05, 0.1) is 10.6 Å². The number of rotatable bonds is 3. The van der Waals surface area contributed by atoms with Crippen molar-refractivity contribution in [2.75, 3.05) is 5.32 Å². The van der Waals surface area contributed by atoms with Crippen molar-refractivity contribution in [3.05, 3.63) is 106 Å². The number of nitrogens with one attached hydrogen (secondary N) is 1. The maximum Gasteiger partial charge on any atom is 0.257 e. The highest BCUT2D eigenvalue weighted by molar-refractivity contribution is 6.34. The third-order valence-corrected chi connectivity index (χ3v) is 4.87. The van der Waals surface area contributed by atoms with E-state index in [1.807, 2.05) is 54.6 Å². The van der Waals surface area contributed by atoms with Crippen LogP contribution in [0, 0.1) is 0 Å². The van der Waals surface area contributed by atoms with Crippen LogP contribution in [0.2, 0.25) is 5.02 Å². The zero-order valence-corrected chi connectivity index (χ0v) is 15.2. The van der Waals surface area contributed by atoms with E-state index < -0.39 is 0 Å². The molecule has 0 atom stereocenters. The van der Waals surface area contributed by atoms with Crippen molar-refractivity contribution in [1.29, 1.82) is 0 Å². The second-order valence-corrected chi connectivity index (χ2v) is 6.80. The van der Waals surface area contributed by atoms with Gasteiger partial charge in [-0.2, -0.15) is 0 Å². The summed E-state index contributed by atoms with van der Waals surface area (Å²) in [6, 6.07) is 22.0. The van der Waals surface area contributed by atoms with Crippen molar-refractivity contribution in [3.8, 4) is 0 Å². The van der Waals surface area contributed by atoms with E-state index >= 15 is 0 Å². The lowest BCUT2D eigenvalue weighted by Crippen LogP contribution is -2.12. The number of benzene rings is 3. The Morgan fingerprint density at radius 2 is 1.74 bits per heavy atom. The molecule has 132 valence electrons. The molecule has 4 heteroatoms. The quantitative estimate of drug-likeness (QED) is 0.623. The third kappa shape index (κ3) is 3.55. The van der Waals surface area contributed by atoms with E-state index in [-0.39, 0.29) is 11.7 Å². The van der Waals surface area contributed by atoms with Crippen LogP contribution in [0.25, 0.3) is 6.08 Å². The van der Waals surface area contributed by atoms with E-state index in [1.165, 1.54) is 0 Å². The van der Waals surface area contributed by atoms with Crippen molar-refractivity contribution in [3.63, 3.8) is 0 Å². The van der Waals surface area contributed by atoms with Gasteiger partial charge in [-0.05, 0) is 41.5 Å². The largest absolute Gasteiger partial charge is 0.322 e. The number of ketones is 1. The molecule has 0 radical (unpaired) electrons. The SMILES string of the molecule is O=C(Nc1cccc(/C=C2\Cc3ccccc3C2=O)c1)c1ccccc1Cl. The van der Waals surface area contributed by atoms with Crippen LogP contribution in [-0.2, 0) is 6.42 Å². The number of hydrogen-bond donors (Lipinski definition) is 1. The minimum Gasteiger partial charge on any atom is -0.322 e. The van der Waals surface area contributed by atoms with Gasteiger partial charge in [-0.1, -0.05) is 60.1 Å². The number of allylic oxidation sites excluding steroid dienone is 1. The first-order chi connectivity index (χ1) is 13.1. The van der Waals surface area contributed by atoms with Gasteiger partial charge < -0.3 is 5.32 Å². The Morgan fingerprint density at radius 1 is 0.963 bits per heavy atom. The van der Waals surface area contributed by atoms with Crippen LogP contribution in [0.4, 0.5) is 5.69 Å². The fourth-order valence-corrected chi connectivity index (χ4v) is 3.44. The van der Waals surface area contributed by atoms with E-state index in [1.54, 1.807) is 24.3 Å². The molecule has 1 N–H and O–H groups in total. The van der Waals surface area contributed by atoms with Gasteiger partial charge in [0, 0.05) is 23.2 Å². The molecule has 1 amide bonds. The second-order valence-electron chi connectivity index (χ2n) is 6.39. The summed E-state index contributed by atoms with van der Waals surface area (Å²) < 4.78 is 0. The molecule has 0 heterocycles. The topological polar surface area (TPSA) is 46.2 Å². The molecule has 4 rings (SSSR count). The molecule has 0 unspecified atom stereocenters. The molecule has 3 aromatic carbocycles. The van der Waals surface area contributed by atoms with Crippen LogP contribution in [0.5, 0.6) is 0 Å². The fourth-order valence-electron chi connectivity index (χ4n) is 3.22. The number of fused-ring (bicyclic) bond motifs is 1. The minimum atomic E-state index is -0.269. The van der Waals surface area contributed by atoms with Crippen molar-refractivity contribution in [2.45, 2.75) is 6.42 Å². The van der Waals surface area contributed by atoms with Crippen LogP contribution in [0.1, 0.15) is 31.8 Å².